The predicted molar refractivity (Wildman–Crippen MR) is 221 cm³/mol. The number of para-hydroxylation sites is 2. The molecule has 2 aromatic heterocycles. The summed E-state index contributed by atoms with van der Waals surface area (Å²) in [5.74, 6) is -0.461. The Morgan fingerprint density at radius 1 is 0.500 bits per heavy atom. The van der Waals surface area contributed by atoms with E-state index in [0.29, 0.717) is 13.1 Å². The van der Waals surface area contributed by atoms with Gasteiger partial charge in [0, 0.05) is 46.5 Å². The fraction of sp³-hybridized carbons (Fsp3) is 0.0909. The van der Waals surface area contributed by atoms with Crippen LogP contribution in [-0.2, 0) is 13.1 Å². The second kappa shape index (κ2) is 17.8. The monoisotopic (exact) mass is 810 g/mol. The summed E-state index contributed by atoms with van der Waals surface area (Å²) in [4.78, 5) is 39.7. The molecule has 6 aromatic carbocycles. The van der Waals surface area contributed by atoms with Crippen LogP contribution in [0.15, 0.2) is 133 Å². The first kappa shape index (κ1) is 41.2. The summed E-state index contributed by atoms with van der Waals surface area (Å²) in [6, 6.07) is 43.1. The maximum Gasteiger partial charge on any atom is 0.335 e. The quantitative estimate of drug-likeness (QED) is 0.0622. The van der Waals surface area contributed by atoms with Gasteiger partial charge in [-0.05, 0) is 60.7 Å². The average molecular weight is 811 g/mol. The molecule has 8 rings (SSSR count). The SMILES string of the molecule is COc1ccc2c(c1)c(-c1c3ccccc3[n+](Cc3ccc(C(=O)O)cc3)c3ccc(OC)cc13)c1ccccc1[n+]2Cc1ccc(C(=O)O)cc1.O=[N+]([O-])[O-].O=[N+]([O-])[O-]. The van der Waals surface area contributed by atoms with E-state index in [4.69, 9.17) is 40.1 Å². The largest absolute Gasteiger partial charge is 0.497 e. The molecule has 0 aliphatic rings. The topological polar surface area (TPSA) is 233 Å². The number of carboxylic acids is 2. The molecule has 0 atom stereocenters. The lowest BCUT2D eigenvalue weighted by Crippen LogP contribution is -2.37. The van der Waals surface area contributed by atoms with Crippen molar-refractivity contribution in [2.75, 3.05) is 14.2 Å². The molecule has 16 heteroatoms. The van der Waals surface area contributed by atoms with Gasteiger partial charge in [0.15, 0.2) is 13.1 Å². The van der Waals surface area contributed by atoms with Crippen LogP contribution in [0.1, 0.15) is 31.8 Å². The normalized spacial score (nSPS) is 10.6. The van der Waals surface area contributed by atoms with Gasteiger partial charge in [-0.2, -0.15) is 9.13 Å². The zero-order valence-corrected chi connectivity index (χ0v) is 31.9. The van der Waals surface area contributed by atoms with Crippen LogP contribution < -0.4 is 18.6 Å². The molecule has 16 nitrogen and oxygen atoms in total. The molecule has 0 aliphatic heterocycles. The van der Waals surface area contributed by atoms with Crippen molar-refractivity contribution >= 4 is 55.6 Å². The number of rotatable bonds is 9. The molecule has 0 amide bonds. The molecular weight excluding hydrogens is 777 g/mol. The van der Waals surface area contributed by atoms with E-state index in [1.165, 1.54) is 0 Å². The number of ether oxygens (including phenoxy) is 2. The highest BCUT2D eigenvalue weighted by Gasteiger charge is 2.29. The number of aromatic nitrogens is 2. The van der Waals surface area contributed by atoms with E-state index >= 15 is 0 Å². The molecule has 302 valence electrons. The summed E-state index contributed by atoms with van der Waals surface area (Å²) in [5.41, 5.74) is 8.57. The Morgan fingerprint density at radius 3 is 1.13 bits per heavy atom. The first-order chi connectivity index (χ1) is 28.8. The minimum absolute atomic E-state index is 0.247. The minimum atomic E-state index is -1.75. The Hall–Kier alpha value is -8.40. The van der Waals surface area contributed by atoms with Gasteiger partial charge in [0.2, 0.25) is 22.1 Å². The average Bonchev–Trinajstić information content (AvgIpc) is 3.23. The summed E-state index contributed by atoms with van der Waals surface area (Å²) in [6.45, 7) is 1.04. The first-order valence-electron chi connectivity index (χ1n) is 17.9. The predicted octanol–water partition coefficient (Wildman–Crippen LogP) is 7.57. The molecule has 8 aromatic rings. The van der Waals surface area contributed by atoms with E-state index in [0.717, 1.165) is 77.4 Å². The lowest BCUT2D eigenvalue weighted by molar-refractivity contribution is -0.636. The number of carboxylic acid groups (broad SMARTS) is 2. The molecule has 0 aliphatic carbocycles. The van der Waals surface area contributed by atoms with Gasteiger partial charge in [-0.25, -0.2) is 9.59 Å². The highest BCUT2D eigenvalue weighted by Crippen LogP contribution is 2.43. The number of hydrogen-bond acceptors (Lipinski definition) is 10. The van der Waals surface area contributed by atoms with Crippen molar-refractivity contribution in [1.82, 2.24) is 0 Å². The van der Waals surface area contributed by atoms with Crippen LogP contribution in [0.2, 0.25) is 0 Å². The smallest absolute Gasteiger partial charge is 0.335 e. The first-order valence-corrected chi connectivity index (χ1v) is 17.9. The van der Waals surface area contributed by atoms with Gasteiger partial charge in [-0.15, -0.1) is 0 Å². The number of nitrogens with zero attached hydrogens (tertiary/aromatic N) is 4. The molecule has 60 heavy (non-hydrogen) atoms. The second-order valence-electron chi connectivity index (χ2n) is 13.2. The van der Waals surface area contributed by atoms with Crippen molar-refractivity contribution in [1.29, 1.82) is 0 Å². The molecule has 2 N–H and O–H groups in total. The van der Waals surface area contributed by atoms with Gasteiger partial charge in [0.05, 0.1) is 57.1 Å². The van der Waals surface area contributed by atoms with Crippen LogP contribution in [0, 0.1) is 30.6 Å². The molecule has 2 heterocycles. The molecule has 0 saturated carbocycles. The number of methoxy groups -OCH3 is 2. The Morgan fingerprint density at radius 2 is 0.817 bits per heavy atom. The Kier molecular flexibility index (Phi) is 12.2. The zero-order chi connectivity index (χ0) is 43.1. The molecule has 0 fully saturated rings. The third-order valence-electron chi connectivity index (χ3n) is 9.79. The van der Waals surface area contributed by atoms with Gasteiger partial charge in [0.1, 0.15) is 11.5 Å². The van der Waals surface area contributed by atoms with Gasteiger partial charge in [-0.3, -0.25) is 0 Å². The highest BCUT2D eigenvalue weighted by atomic mass is 16.9. The van der Waals surface area contributed by atoms with E-state index in [1.54, 1.807) is 38.5 Å². The number of carbonyl (C=O) groups is 2. The molecule has 0 bridgehead atoms. The fourth-order valence-electron chi connectivity index (χ4n) is 7.30. The van der Waals surface area contributed by atoms with Crippen molar-refractivity contribution in [3.8, 4) is 22.6 Å². The van der Waals surface area contributed by atoms with Crippen LogP contribution in [-0.4, -0.2) is 46.5 Å². The van der Waals surface area contributed by atoms with E-state index < -0.39 is 22.1 Å². The molecule has 0 spiro atoms. The lowest BCUT2D eigenvalue weighted by atomic mass is 9.89. The maximum atomic E-state index is 11.6. The highest BCUT2D eigenvalue weighted by molar-refractivity contribution is 6.19. The summed E-state index contributed by atoms with van der Waals surface area (Å²) < 4.78 is 16.2. The number of aromatic carboxylic acids is 2. The Balaban J connectivity index is 0.000000695. The lowest BCUT2D eigenvalue weighted by Gasteiger charge is -2.17. The van der Waals surface area contributed by atoms with Gasteiger partial charge < -0.3 is 50.3 Å². The van der Waals surface area contributed by atoms with Crippen molar-refractivity contribution in [3.63, 3.8) is 0 Å². The number of benzene rings is 6. The van der Waals surface area contributed by atoms with E-state index in [2.05, 4.69) is 69.8 Å². The number of fused-ring (bicyclic) bond motifs is 4. The molecule has 0 saturated heterocycles. The van der Waals surface area contributed by atoms with E-state index in [-0.39, 0.29) is 11.1 Å². The fourth-order valence-corrected chi connectivity index (χ4v) is 7.30. The van der Waals surface area contributed by atoms with Crippen molar-refractivity contribution in [2.24, 2.45) is 0 Å². The summed E-state index contributed by atoms with van der Waals surface area (Å²) >= 11 is 0. The maximum absolute atomic E-state index is 11.6. The minimum Gasteiger partial charge on any atom is -0.497 e. The molecule has 0 radical (unpaired) electrons. The van der Waals surface area contributed by atoms with Crippen LogP contribution in [0.25, 0.3) is 54.7 Å². The van der Waals surface area contributed by atoms with E-state index in [1.807, 2.05) is 48.5 Å². The number of pyridine rings is 2. The second-order valence-corrected chi connectivity index (χ2v) is 13.2. The van der Waals surface area contributed by atoms with Crippen molar-refractivity contribution in [3.05, 3.63) is 186 Å². The van der Waals surface area contributed by atoms with Crippen LogP contribution in [0.3, 0.4) is 0 Å². The van der Waals surface area contributed by atoms with Crippen LogP contribution in [0.4, 0.5) is 0 Å². The van der Waals surface area contributed by atoms with E-state index in [9.17, 15) is 19.8 Å². The van der Waals surface area contributed by atoms with Crippen molar-refractivity contribution < 1.29 is 48.6 Å². The van der Waals surface area contributed by atoms with Crippen LogP contribution in [0.5, 0.6) is 11.5 Å². The van der Waals surface area contributed by atoms with Crippen molar-refractivity contribution in [2.45, 2.75) is 13.1 Å². The summed E-state index contributed by atoms with van der Waals surface area (Å²) in [6.07, 6.45) is 0. The molecule has 0 unspecified atom stereocenters. The van der Waals surface area contributed by atoms with Gasteiger partial charge >= 0.3 is 11.9 Å². The summed E-state index contributed by atoms with van der Waals surface area (Å²) in [7, 11) is 3.34. The Bertz CT molecular complexity index is 2730. The molecular formula is C44H34N4O12. The Labute approximate surface area is 339 Å². The third-order valence-corrected chi connectivity index (χ3v) is 9.79. The standard InChI is InChI=1S/C44H32N2O6.2NO3/c1-51-31-19-21-39-35(23-31)41(33-7-3-5-9-37(33)45(39)25-27-11-15-29(16-12-27)43(47)48)42-34-8-4-6-10-38(34)46(40-22-20-32(52-2)24-36(40)42)26-28-13-17-30(18-14-28)44(49)50;2*2-1(3)4/h3-24H,25-26H2,1-2H3;;/q;2*-1/p+2. The third kappa shape index (κ3) is 8.77. The van der Waals surface area contributed by atoms with Crippen LogP contribution >= 0.6 is 0 Å². The zero-order valence-electron chi connectivity index (χ0n) is 31.9. The summed E-state index contributed by atoms with van der Waals surface area (Å²) in [5, 5.41) is 52.6. The number of hydrogen-bond donors (Lipinski definition) is 2. The van der Waals surface area contributed by atoms with Gasteiger partial charge in [0.25, 0.3) is 0 Å². The van der Waals surface area contributed by atoms with Gasteiger partial charge in [-0.1, -0.05) is 48.5 Å².